The van der Waals surface area contributed by atoms with Gasteiger partial charge in [-0.1, -0.05) is 18.2 Å². The molecule has 0 bridgehead atoms. The molecule has 0 aliphatic heterocycles. The van der Waals surface area contributed by atoms with Crippen molar-refractivity contribution in [1.82, 2.24) is 3.53 Å². The van der Waals surface area contributed by atoms with Crippen LogP contribution in [-0.4, -0.2) is 5.91 Å². The highest BCUT2D eigenvalue weighted by Crippen LogP contribution is 2.25. The van der Waals surface area contributed by atoms with Crippen molar-refractivity contribution in [2.24, 2.45) is 0 Å². The number of rotatable bonds is 1. The average Bonchev–Trinajstić information content (AvgIpc) is 2.60. The number of hydrogen-bond acceptors (Lipinski definition) is 2. The van der Waals surface area contributed by atoms with Crippen molar-refractivity contribution in [3.05, 3.63) is 35.2 Å². The molecule has 2 nitrogen and oxygen atoms in total. The highest BCUT2D eigenvalue weighted by molar-refractivity contribution is 14.1. The fraction of sp³-hybridized carbons (Fsp3) is 0. The predicted molar refractivity (Wildman–Crippen MR) is 63.3 cm³/mol. The highest BCUT2D eigenvalue weighted by atomic mass is 127. The number of halogens is 1. The summed E-state index contributed by atoms with van der Waals surface area (Å²) >= 11 is 3.45. The molecule has 1 amide bonds. The molecule has 1 heterocycles. The molecule has 0 aliphatic carbocycles. The van der Waals surface area contributed by atoms with Crippen molar-refractivity contribution >= 4 is 50.2 Å². The lowest BCUT2D eigenvalue weighted by molar-refractivity contribution is 0.0991. The van der Waals surface area contributed by atoms with Gasteiger partial charge in [-0.15, -0.1) is 11.3 Å². The molecular formula is C9H6INOS. The molecule has 2 aromatic rings. The van der Waals surface area contributed by atoms with E-state index in [1.54, 1.807) is 11.3 Å². The van der Waals surface area contributed by atoms with Crippen molar-refractivity contribution in [2.45, 2.75) is 0 Å². The Morgan fingerprint density at radius 1 is 1.38 bits per heavy atom. The molecule has 1 N–H and O–H groups in total. The maximum Gasteiger partial charge on any atom is 0.261 e. The lowest BCUT2D eigenvalue weighted by atomic mass is 10.2. The van der Waals surface area contributed by atoms with Gasteiger partial charge in [0, 0.05) is 15.5 Å². The first-order valence-electron chi connectivity index (χ1n) is 3.70. The maximum absolute atomic E-state index is 11.4. The van der Waals surface area contributed by atoms with Gasteiger partial charge in [0.1, 0.15) is 0 Å². The number of thiophene rings is 1. The van der Waals surface area contributed by atoms with Crippen LogP contribution in [0.3, 0.4) is 0 Å². The van der Waals surface area contributed by atoms with Gasteiger partial charge in [0.15, 0.2) is 0 Å². The zero-order valence-corrected chi connectivity index (χ0v) is 9.56. The summed E-state index contributed by atoms with van der Waals surface area (Å²) in [6, 6.07) is 7.90. The second-order valence-corrected chi connectivity index (χ2v) is 4.02. The van der Waals surface area contributed by atoms with E-state index in [1.807, 2.05) is 52.5 Å². The lowest BCUT2D eigenvalue weighted by Crippen LogP contribution is -2.10. The Morgan fingerprint density at radius 3 is 2.92 bits per heavy atom. The van der Waals surface area contributed by atoms with Crippen molar-refractivity contribution in [2.75, 3.05) is 0 Å². The third-order valence-electron chi connectivity index (χ3n) is 1.81. The van der Waals surface area contributed by atoms with Crippen molar-refractivity contribution in [1.29, 1.82) is 0 Å². The van der Waals surface area contributed by atoms with E-state index >= 15 is 0 Å². The molecule has 0 fully saturated rings. The number of hydrogen-bond donors (Lipinski definition) is 1. The van der Waals surface area contributed by atoms with Crippen molar-refractivity contribution < 1.29 is 4.79 Å². The van der Waals surface area contributed by atoms with E-state index in [1.165, 1.54) is 0 Å². The van der Waals surface area contributed by atoms with Gasteiger partial charge in [-0.2, -0.15) is 0 Å². The summed E-state index contributed by atoms with van der Waals surface area (Å²) in [6.45, 7) is 0. The summed E-state index contributed by atoms with van der Waals surface area (Å²) in [4.78, 5) is 11.4. The maximum atomic E-state index is 11.4. The largest absolute Gasteiger partial charge is 0.295 e. The molecule has 66 valence electrons. The number of nitrogens with one attached hydrogen (secondary N) is 1. The lowest BCUT2D eigenvalue weighted by Gasteiger charge is -1.94. The fourth-order valence-electron chi connectivity index (χ4n) is 1.20. The third-order valence-corrected chi connectivity index (χ3v) is 3.26. The predicted octanol–water partition coefficient (Wildman–Crippen LogP) is 2.98. The zero-order chi connectivity index (χ0) is 9.26. The minimum absolute atomic E-state index is 0.0296. The summed E-state index contributed by atoms with van der Waals surface area (Å²) in [7, 11) is 0. The van der Waals surface area contributed by atoms with Gasteiger partial charge in [0.05, 0.1) is 28.4 Å². The van der Waals surface area contributed by atoms with E-state index < -0.39 is 0 Å². The smallest absolute Gasteiger partial charge is 0.261 e. The van der Waals surface area contributed by atoms with Crippen LogP contribution < -0.4 is 3.53 Å². The van der Waals surface area contributed by atoms with E-state index in [-0.39, 0.29) is 5.91 Å². The highest BCUT2D eigenvalue weighted by Gasteiger charge is 2.09. The Bertz CT molecular complexity index is 452. The van der Waals surface area contributed by atoms with Gasteiger partial charge in [0.25, 0.3) is 5.91 Å². The van der Waals surface area contributed by atoms with Gasteiger partial charge in [0.2, 0.25) is 0 Å². The van der Waals surface area contributed by atoms with Crippen molar-refractivity contribution in [3.63, 3.8) is 0 Å². The molecule has 13 heavy (non-hydrogen) atoms. The summed E-state index contributed by atoms with van der Waals surface area (Å²) in [5, 5.41) is 2.92. The second-order valence-electron chi connectivity index (χ2n) is 2.57. The minimum Gasteiger partial charge on any atom is -0.295 e. The molecule has 0 saturated heterocycles. The SMILES string of the molecule is O=C(NI)c1csc2ccccc12. The third kappa shape index (κ3) is 1.55. The van der Waals surface area contributed by atoms with Gasteiger partial charge < -0.3 is 0 Å². The van der Waals surface area contributed by atoms with Crippen molar-refractivity contribution in [3.8, 4) is 0 Å². The Balaban J connectivity index is 2.64. The monoisotopic (exact) mass is 303 g/mol. The van der Waals surface area contributed by atoms with Crippen LogP contribution >= 0.6 is 34.2 Å². The van der Waals surface area contributed by atoms with Gasteiger partial charge in [-0.25, -0.2) is 0 Å². The molecule has 0 aliphatic rings. The standard InChI is InChI=1S/C9H6INOS/c10-11-9(12)7-5-13-8-4-2-1-3-6(7)8/h1-5H,(H,11,12). The van der Waals surface area contributed by atoms with Crippen LogP contribution in [-0.2, 0) is 0 Å². The van der Waals surface area contributed by atoms with Crippen LogP contribution in [0, 0.1) is 0 Å². The van der Waals surface area contributed by atoms with E-state index in [4.69, 9.17) is 0 Å². The molecule has 4 heteroatoms. The van der Waals surface area contributed by atoms with Crippen LogP contribution in [0.5, 0.6) is 0 Å². The number of benzene rings is 1. The molecule has 0 radical (unpaired) electrons. The molecule has 0 saturated carbocycles. The minimum atomic E-state index is -0.0296. The molecule has 2 rings (SSSR count). The van der Waals surface area contributed by atoms with Crippen LogP contribution in [0.4, 0.5) is 0 Å². The fourth-order valence-corrected chi connectivity index (χ4v) is 2.44. The molecule has 1 aromatic heterocycles. The summed E-state index contributed by atoms with van der Waals surface area (Å²) in [6.07, 6.45) is 0. The molecular weight excluding hydrogens is 297 g/mol. The van der Waals surface area contributed by atoms with Crippen LogP contribution in [0.1, 0.15) is 10.4 Å². The average molecular weight is 303 g/mol. The molecule has 0 unspecified atom stereocenters. The van der Waals surface area contributed by atoms with E-state index in [2.05, 4.69) is 3.53 Å². The Hall–Kier alpha value is -0.620. The van der Waals surface area contributed by atoms with E-state index in [0.29, 0.717) is 0 Å². The zero-order valence-electron chi connectivity index (χ0n) is 6.58. The number of carbonyl (C=O) groups excluding carboxylic acids is 1. The summed E-state index contributed by atoms with van der Waals surface area (Å²) < 4.78 is 3.75. The quantitative estimate of drug-likeness (QED) is 0.637. The number of amides is 1. The summed E-state index contributed by atoms with van der Waals surface area (Å²) in [5.41, 5.74) is 0.759. The van der Waals surface area contributed by atoms with Crippen LogP contribution in [0.2, 0.25) is 0 Å². The Morgan fingerprint density at radius 2 is 2.15 bits per heavy atom. The normalized spacial score (nSPS) is 10.2. The molecule has 0 spiro atoms. The van der Waals surface area contributed by atoms with Gasteiger partial charge in [-0.05, 0) is 6.07 Å². The number of carbonyl (C=O) groups is 1. The van der Waals surface area contributed by atoms with Crippen LogP contribution in [0.25, 0.3) is 10.1 Å². The number of fused-ring (bicyclic) bond motifs is 1. The van der Waals surface area contributed by atoms with Gasteiger partial charge >= 0.3 is 0 Å². The van der Waals surface area contributed by atoms with E-state index in [9.17, 15) is 4.79 Å². The first kappa shape index (κ1) is 8.96. The Labute approximate surface area is 93.4 Å². The first-order chi connectivity index (χ1) is 6.33. The second kappa shape index (κ2) is 3.63. The topological polar surface area (TPSA) is 29.1 Å². The molecule has 1 aromatic carbocycles. The van der Waals surface area contributed by atoms with E-state index in [0.717, 1.165) is 15.6 Å². The summed E-state index contributed by atoms with van der Waals surface area (Å²) in [5.74, 6) is -0.0296. The molecule has 0 atom stereocenters. The van der Waals surface area contributed by atoms with Crippen LogP contribution in [0.15, 0.2) is 29.6 Å². The first-order valence-corrected chi connectivity index (χ1v) is 5.66. The van der Waals surface area contributed by atoms with Gasteiger partial charge in [-0.3, -0.25) is 8.32 Å². The Kier molecular flexibility index (Phi) is 2.50.